The summed E-state index contributed by atoms with van der Waals surface area (Å²) >= 11 is 5.58. The van der Waals surface area contributed by atoms with E-state index in [0.717, 1.165) is 0 Å². The molecule has 0 aliphatic rings. The summed E-state index contributed by atoms with van der Waals surface area (Å²) in [5.74, 6) is 0.557. The number of rotatable bonds is 2. The molecule has 0 aliphatic carbocycles. The second-order valence-electron chi connectivity index (χ2n) is 1.80. The lowest BCUT2D eigenvalue weighted by atomic mass is 10.4. The summed E-state index contributed by atoms with van der Waals surface area (Å²) < 4.78 is 4.91. The Balaban J connectivity index is 2.81. The predicted molar refractivity (Wildman–Crippen MR) is 38.7 cm³/mol. The maximum absolute atomic E-state index is 5.58. The van der Waals surface area contributed by atoms with Crippen LogP contribution >= 0.6 is 11.6 Å². The van der Waals surface area contributed by atoms with Gasteiger partial charge in [-0.15, -0.1) is 0 Å². The maximum Gasteiger partial charge on any atom is 0.293 e. The molecule has 0 unspecified atom stereocenters. The minimum absolute atomic E-state index is 0.0912. The summed E-state index contributed by atoms with van der Waals surface area (Å²) in [5, 5.41) is 0.308. The molecule has 0 saturated heterocycles. The van der Waals surface area contributed by atoms with Gasteiger partial charge in [0, 0.05) is 6.42 Å². The fourth-order valence-corrected chi connectivity index (χ4v) is 0.852. The second kappa shape index (κ2) is 2.90. The molecule has 0 aromatic carbocycles. The lowest BCUT2D eigenvalue weighted by molar-refractivity contribution is 0.524. The van der Waals surface area contributed by atoms with Gasteiger partial charge in [-0.25, -0.2) is 0 Å². The van der Waals surface area contributed by atoms with Gasteiger partial charge in [0.2, 0.25) is 0 Å². The molecule has 0 fully saturated rings. The monoisotopic (exact) mass is 161 g/mol. The summed E-state index contributed by atoms with van der Waals surface area (Å²) in [6.45, 7) is 0.481. The van der Waals surface area contributed by atoms with Crippen molar-refractivity contribution in [1.82, 2.24) is 4.98 Å². The average Bonchev–Trinajstić information content (AvgIpc) is 2.13. The Morgan fingerprint density at radius 2 is 2.30 bits per heavy atom. The molecule has 1 heterocycles. The van der Waals surface area contributed by atoms with E-state index in [1.165, 1.54) is 0 Å². The molecule has 1 aromatic rings. The highest BCUT2D eigenvalue weighted by Crippen LogP contribution is 2.17. The van der Waals surface area contributed by atoms with Crippen molar-refractivity contribution in [3.8, 4) is 0 Å². The fraction of sp³-hybridized carbons (Fsp3) is 0.400. The maximum atomic E-state index is 5.58. The molecule has 5 heteroatoms. The van der Waals surface area contributed by atoms with Crippen LogP contribution in [0.4, 0.5) is 6.01 Å². The molecule has 4 N–H and O–H groups in total. The van der Waals surface area contributed by atoms with Crippen molar-refractivity contribution in [3.63, 3.8) is 0 Å². The molecule has 0 saturated carbocycles. The Labute approximate surface area is 63.2 Å². The highest BCUT2D eigenvalue weighted by atomic mass is 35.5. The molecule has 4 nitrogen and oxygen atoms in total. The summed E-state index contributed by atoms with van der Waals surface area (Å²) in [4.78, 5) is 3.65. The molecular weight excluding hydrogens is 154 g/mol. The molecule has 0 atom stereocenters. The molecule has 0 bridgehead atoms. The Morgan fingerprint density at radius 3 is 2.70 bits per heavy atom. The summed E-state index contributed by atoms with van der Waals surface area (Å²) in [7, 11) is 0. The van der Waals surface area contributed by atoms with Gasteiger partial charge in [0.25, 0.3) is 6.01 Å². The molecule has 10 heavy (non-hydrogen) atoms. The average molecular weight is 162 g/mol. The Morgan fingerprint density at radius 1 is 1.60 bits per heavy atom. The Bertz CT molecular complexity index is 223. The number of nitrogens with zero attached hydrogens (tertiary/aromatic N) is 1. The van der Waals surface area contributed by atoms with Gasteiger partial charge in [0.05, 0.1) is 0 Å². The normalized spacial score (nSPS) is 10.2. The molecular formula is C5H8ClN3O. The van der Waals surface area contributed by atoms with Crippen molar-refractivity contribution in [2.24, 2.45) is 5.73 Å². The van der Waals surface area contributed by atoms with Crippen LogP contribution < -0.4 is 11.5 Å². The number of halogens is 1. The number of nitrogens with two attached hydrogens (primary N) is 2. The summed E-state index contributed by atoms with van der Waals surface area (Å²) in [5.41, 5.74) is 10.5. The molecule has 0 spiro atoms. The van der Waals surface area contributed by atoms with Crippen LogP contribution in [0.15, 0.2) is 4.42 Å². The zero-order chi connectivity index (χ0) is 7.56. The third kappa shape index (κ3) is 1.40. The van der Waals surface area contributed by atoms with E-state index in [1.807, 2.05) is 0 Å². The van der Waals surface area contributed by atoms with E-state index in [0.29, 0.717) is 23.9 Å². The molecule has 0 radical (unpaired) electrons. The standard InChI is InChI=1S/C5H8ClN3O/c6-4-3(1-2-7)10-5(8)9-4/h1-2,7H2,(H2,8,9). The zero-order valence-electron chi connectivity index (χ0n) is 5.30. The summed E-state index contributed by atoms with van der Waals surface area (Å²) in [6.07, 6.45) is 0.572. The first-order chi connectivity index (χ1) is 4.74. The fourth-order valence-electron chi connectivity index (χ4n) is 0.636. The van der Waals surface area contributed by atoms with E-state index in [2.05, 4.69) is 4.98 Å². The molecule has 1 rings (SSSR count). The summed E-state index contributed by atoms with van der Waals surface area (Å²) in [6, 6.07) is 0.0912. The van der Waals surface area contributed by atoms with Crippen molar-refractivity contribution in [3.05, 3.63) is 10.9 Å². The van der Waals surface area contributed by atoms with E-state index in [1.54, 1.807) is 0 Å². The Hall–Kier alpha value is -0.740. The third-order valence-electron chi connectivity index (χ3n) is 1.04. The largest absolute Gasteiger partial charge is 0.427 e. The smallest absolute Gasteiger partial charge is 0.293 e. The number of aromatic nitrogens is 1. The van der Waals surface area contributed by atoms with Crippen molar-refractivity contribution >= 4 is 17.6 Å². The van der Waals surface area contributed by atoms with Gasteiger partial charge in [0.15, 0.2) is 5.15 Å². The topological polar surface area (TPSA) is 78.1 Å². The third-order valence-corrected chi connectivity index (χ3v) is 1.33. The van der Waals surface area contributed by atoms with E-state index in [-0.39, 0.29) is 6.01 Å². The van der Waals surface area contributed by atoms with Crippen molar-refractivity contribution in [2.45, 2.75) is 6.42 Å². The predicted octanol–water partition coefficient (Wildman–Crippen LogP) is 0.411. The lowest BCUT2D eigenvalue weighted by Crippen LogP contribution is -2.01. The van der Waals surface area contributed by atoms with E-state index >= 15 is 0 Å². The highest BCUT2D eigenvalue weighted by Gasteiger charge is 2.06. The first-order valence-corrected chi connectivity index (χ1v) is 3.22. The number of nitrogen functional groups attached to an aromatic ring is 1. The number of anilines is 1. The van der Waals surface area contributed by atoms with Crippen LogP contribution in [0.2, 0.25) is 5.15 Å². The van der Waals surface area contributed by atoms with Crippen LogP contribution in [-0.4, -0.2) is 11.5 Å². The van der Waals surface area contributed by atoms with Crippen LogP contribution in [0.5, 0.6) is 0 Å². The van der Waals surface area contributed by atoms with Gasteiger partial charge in [-0.05, 0) is 6.54 Å². The van der Waals surface area contributed by atoms with Crippen molar-refractivity contribution in [2.75, 3.05) is 12.3 Å². The van der Waals surface area contributed by atoms with Crippen LogP contribution in [0.3, 0.4) is 0 Å². The molecule has 0 amide bonds. The minimum atomic E-state index is 0.0912. The van der Waals surface area contributed by atoms with Gasteiger partial charge < -0.3 is 15.9 Å². The van der Waals surface area contributed by atoms with Crippen LogP contribution in [0, 0.1) is 0 Å². The van der Waals surface area contributed by atoms with Crippen LogP contribution in [-0.2, 0) is 6.42 Å². The SMILES string of the molecule is NCCc1oc(N)nc1Cl. The van der Waals surface area contributed by atoms with Crippen LogP contribution in [0.25, 0.3) is 0 Å². The van der Waals surface area contributed by atoms with Crippen LogP contribution in [0.1, 0.15) is 5.76 Å². The van der Waals surface area contributed by atoms with E-state index in [4.69, 9.17) is 27.5 Å². The minimum Gasteiger partial charge on any atom is -0.427 e. The number of oxazole rings is 1. The van der Waals surface area contributed by atoms with Crippen molar-refractivity contribution in [1.29, 1.82) is 0 Å². The Kier molecular flexibility index (Phi) is 2.13. The van der Waals surface area contributed by atoms with Gasteiger partial charge in [0.1, 0.15) is 5.76 Å². The first kappa shape index (κ1) is 7.37. The van der Waals surface area contributed by atoms with Gasteiger partial charge in [-0.3, -0.25) is 0 Å². The van der Waals surface area contributed by atoms with Gasteiger partial charge >= 0.3 is 0 Å². The molecule has 56 valence electrons. The second-order valence-corrected chi connectivity index (χ2v) is 2.16. The van der Waals surface area contributed by atoms with E-state index in [9.17, 15) is 0 Å². The van der Waals surface area contributed by atoms with E-state index < -0.39 is 0 Å². The number of hydrogen-bond acceptors (Lipinski definition) is 4. The zero-order valence-corrected chi connectivity index (χ0v) is 6.06. The van der Waals surface area contributed by atoms with Gasteiger partial charge in [-0.2, -0.15) is 4.98 Å². The number of hydrogen-bond donors (Lipinski definition) is 2. The van der Waals surface area contributed by atoms with Crippen molar-refractivity contribution < 1.29 is 4.42 Å². The lowest BCUT2D eigenvalue weighted by Gasteiger charge is -1.88. The molecule has 0 aliphatic heterocycles. The molecule has 1 aromatic heterocycles. The van der Waals surface area contributed by atoms with Gasteiger partial charge in [-0.1, -0.05) is 11.6 Å². The quantitative estimate of drug-likeness (QED) is 0.659. The highest BCUT2D eigenvalue weighted by molar-refractivity contribution is 6.30. The first-order valence-electron chi connectivity index (χ1n) is 2.84.